The summed E-state index contributed by atoms with van der Waals surface area (Å²) >= 11 is 0. The first-order valence-corrected chi connectivity index (χ1v) is 17.0. The molecule has 0 unspecified atom stereocenters. The van der Waals surface area contributed by atoms with Crippen molar-refractivity contribution in [1.29, 1.82) is 0 Å². The standard InChI is InChI=1S/C44H32N6O2/c1-49-23-19-29(20-24-49)43-37-15-11-33(45-37)41(27-3-7-31(51)8-4-27)35-13-17-39(47-35)44(30-21-25-50(2)26-22-30)40-18-14-36(48-40)42(34-12-16-38(43)46-34)28-5-9-32(52)10-6-28/h3-26H,1-2H3,(H2-,45,46,47,48,51,52)/p+2. The second-order valence-electron chi connectivity index (χ2n) is 13.1. The van der Waals surface area contributed by atoms with Gasteiger partial charge in [0.25, 0.3) is 0 Å². The molecule has 0 amide bonds. The number of hydrogen-bond acceptors (Lipinski definition) is 5. The van der Waals surface area contributed by atoms with E-state index in [9.17, 15) is 10.2 Å². The van der Waals surface area contributed by atoms with Gasteiger partial charge in [0.05, 0.1) is 34.0 Å². The molecule has 0 atom stereocenters. The highest BCUT2D eigenvalue weighted by atomic mass is 16.3. The number of nitrogens with zero attached hydrogens (tertiary/aromatic N) is 4. The van der Waals surface area contributed by atoms with Crippen molar-refractivity contribution >= 4 is 39.4 Å². The normalized spacial score (nSPS) is 17.6. The minimum Gasteiger partial charge on any atom is -0.508 e. The van der Waals surface area contributed by atoms with Gasteiger partial charge in [-0.1, -0.05) is 24.3 Å². The van der Waals surface area contributed by atoms with Gasteiger partial charge in [0.2, 0.25) is 11.4 Å². The van der Waals surface area contributed by atoms with Crippen molar-refractivity contribution in [3.63, 3.8) is 0 Å². The molecule has 7 heterocycles. The summed E-state index contributed by atoms with van der Waals surface area (Å²) in [6.07, 6.45) is 24.8. The molecule has 0 fully saturated rings. The summed E-state index contributed by atoms with van der Waals surface area (Å²) < 4.78 is 2.01. The van der Waals surface area contributed by atoms with Crippen LogP contribution in [0.25, 0.3) is 22.3 Å². The van der Waals surface area contributed by atoms with Crippen LogP contribution < -0.4 is 9.56 Å². The highest BCUT2D eigenvalue weighted by Gasteiger charge is 2.30. The minimum absolute atomic E-state index is 0.200. The third kappa shape index (κ3) is 5.52. The van der Waals surface area contributed by atoms with E-state index in [0.717, 1.165) is 90.2 Å². The lowest BCUT2D eigenvalue weighted by Gasteiger charge is -2.16. The summed E-state index contributed by atoms with van der Waals surface area (Å²) in [5.74, 6) is 0.399. The summed E-state index contributed by atoms with van der Waals surface area (Å²) in [6.45, 7) is 0. The minimum atomic E-state index is 0.200. The van der Waals surface area contributed by atoms with Crippen LogP contribution in [-0.4, -0.2) is 44.3 Å². The first kappa shape index (κ1) is 31.0. The molecule has 0 saturated heterocycles. The molecule has 2 aromatic carbocycles. The van der Waals surface area contributed by atoms with Crippen molar-refractivity contribution in [1.82, 2.24) is 9.88 Å². The fourth-order valence-electron chi connectivity index (χ4n) is 7.01. The number of nitrogens with one attached hydrogen (secondary N) is 2. The van der Waals surface area contributed by atoms with Crippen LogP contribution in [0.3, 0.4) is 0 Å². The number of allylic oxidation sites excluding steroid dienone is 12. The maximum atomic E-state index is 10.2. The Bertz CT molecular complexity index is 2540. The molecule has 9 rings (SSSR count). The Morgan fingerprint density at radius 3 is 1.75 bits per heavy atom. The second kappa shape index (κ2) is 12.4. The lowest BCUT2D eigenvalue weighted by molar-refractivity contribution is -0.671. The Kier molecular flexibility index (Phi) is 7.36. The molecular formula is C44H34N6O2+2. The van der Waals surface area contributed by atoms with Crippen molar-refractivity contribution in [2.75, 3.05) is 7.05 Å². The van der Waals surface area contributed by atoms with Gasteiger partial charge < -0.3 is 20.1 Å². The third-order valence-electron chi connectivity index (χ3n) is 9.60. The molecule has 0 aliphatic carbocycles. The van der Waals surface area contributed by atoms with Crippen LogP contribution >= 0.6 is 0 Å². The monoisotopic (exact) mass is 678 g/mol. The number of aromatic amines is 1. The van der Waals surface area contributed by atoms with Gasteiger partial charge in [-0.15, -0.1) is 0 Å². The average Bonchev–Trinajstić information content (AvgIpc) is 3.99. The number of aryl methyl sites for hydroxylation is 1. The molecule has 0 radical (unpaired) electrons. The van der Waals surface area contributed by atoms with E-state index in [1.807, 2.05) is 72.6 Å². The molecular weight excluding hydrogens is 645 g/mol. The number of H-pyrrole nitrogens is 1. The van der Waals surface area contributed by atoms with Crippen molar-refractivity contribution in [3.05, 3.63) is 197 Å². The van der Waals surface area contributed by atoms with Crippen LogP contribution in [0.5, 0.6) is 11.5 Å². The molecule has 5 aliphatic rings. The van der Waals surface area contributed by atoms with Gasteiger partial charge in [-0.05, 0) is 89.6 Å². The zero-order chi connectivity index (χ0) is 35.3. The van der Waals surface area contributed by atoms with Crippen molar-refractivity contribution in [3.8, 4) is 11.5 Å². The molecule has 0 spiro atoms. The average molecular weight is 679 g/mol. The summed E-state index contributed by atoms with van der Waals surface area (Å²) in [5.41, 5.74) is 14.4. The van der Waals surface area contributed by atoms with E-state index in [0.29, 0.717) is 0 Å². The molecule has 8 nitrogen and oxygen atoms in total. The van der Waals surface area contributed by atoms with E-state index in [1.165, 1.54) is 0 Å². The number of aromatic nitrogens is 2. The molecule has 4 aromatic rings. The zero-order valence-electron chi connectivity index (χ0n) is 28.5. The van der Waals surface area contributed by atoms with E-state index in [2.05, 4.69) is 82.9 Å². The van der Waals surface area contributed by atoms with E-state index in [-0.39, 0.29) is 11.5 Å². The van der Waals surface area contributed by atoms with Gasteiger partial charge in [0.15, 0.2) is 12.4 Å². The molecule has 250 valence electrons. The van der Waals surface area contributed by atoms with Gasteiger partial charge >= 0.3 is 0 Å². The Labute approximate surface area is 300 Å². The summed E-state index contributed by atoms with van der Waals surface area (Å²) in [4.78, 5) is 20.1. The fourth-order valence-corrected chi connectivity index (χ4v) is 7.01. The quantitative estimate of drug-likeness (QED) is 0.210. The van der Waals surface area contributed by atoms with Crippen molar-refractivity contribution in [2.24, 2.45) is 17.0 Å². The van der Waals surface area contributed by atoms with E-state index >= 15 is 0 Å². The SMILES string of the molecule is CN1C=CC(=C2C3=NC(=C(c4ccc(O)cc4)C4=[NH+]C(=C(c5cc[n+](C)cc5)C5=NC(=C(c6ccc(O)cc6)c6ccc2[nH]6)C=C5)C=C4)C=C3)C=C1. The van der Waals surface area contributed by atoms with Gasteiger partial charge in [-0.3, -0.25) is 0 Å². The van der Waals surface area contributed by atoms with Gasteiger partial charge in [0.1, 0.15) is 18.5 Å². The number of aliphatic imine (C=N–C) groups is 2. The van der Waals surface area contributed by atoms with Gasteiger partial charge in [-0.2, -0.15) is 0 Å². The highest BCUT2D eigenvalue weighted by molar-refractivity contribution is 6.35. The highest BCUT2D eigenvalue weighted by Crippen LogP contribution is 2.37. The largest absolute Gasteiger partial charge is 0.508 e. The zero-order valence-corrected chi connectivity index (χ0v) is 28.5. The lowest BCUT2D eigenvalue weighted by Crippen LogP contribution is -2.68. The van der Waals surface area contributed by atoms with Crippen LogP contribution in [0.15, 0.2) is 179 Å². The number of pyridine rings is 1. The number of aromatic hydroxyl groups is 2. The Balaban J connectivity index is 1.36. The molecule has 0 saturated carbocycles. The Morgan fingerprint density at radius 1 is 0.577 bits per heavy atom. The topological polar surface area (TPSA) is 102 Å². The molecule has 4 N–H and O–H groups in total. The summed E-state index contributed by atoms with van der Waals surface area (Å²) in [7, 11) is 4.01. The number of fused-ring (bicyclic) bond motifs is 5. The molecule has 52 heavy (non-hydrogen) atoms. The number of phenolic OH excluding ortho intramolecular Hbond substituents is 2. The maximum absolute atomic E-state index is 10.2. The van der Waals surface area contributed by atoms with Crippen LogP contribution in [-0.2, 0) is 7.05 Å². The predicted molar refractivity (Wildman–Crippen MR) is 206 cm³/mol. The number of rotatable bonds is 3. The lowest BCUT2D eigenvalue weighted by atomic mass is 9.98. The Morgan fingerprint density at radius 2 is 1.12 bits per heavy atom. The van der Waals surface area contributed by atoms with Crippen LogP contribution in [0.1, 0.15) is 28.1 Å². The van der Waals surface area contributed by atoms with Crippen LogP contribution in [0.2, 0.25) is 0 Å². The molecule has 8 heteroatoms. The molecule has 2 aromatic heterocycles. The third-order valence-corrected chi connectivity index (χ3v) is 9.60. The Hall–Kier alpha value is -7.06. The van der Waals surface area contributed by atoms with Crippen molar-refractivity contribution < 1.29 is 19.8 Å². The van der Waals surface area contributed by atoms with E-state index < -0.39 is 0 Å². The maximum Gasteiger partial charge on any atom is 0.214 e. The first-order chi connectivity index (χ1) is 25.4. The predicted octanol–water partition coefficient (Wildman–Crippen LogP) is 5.69. The van der Waals surface area contributed by atoms with Gasteiger partial charge in [0, 0.05) is 71.8 Å². The summed E-state index contributed by atoms with van der Waals surface area (Å²) in [5, 5.41) is 20.4. The molecule has 5 aliphatic heterocycles. The molecule has 8 bridgehead atoms. The first-order valence-electron chi connectivity index (χ1n) is 17.0. The van der Waals surface area contributed by atoms with E-state index in [4.69, 9.17) is 9.98 Å². The second-order valence-corrected chi connectivity index (χ2v) is 13.1. The van der Waals surface area contributed by atoms with E-state index in [1.54, 1.807) is 24.3 Å². The smallest absolute Gasteiger partial charge is 0.214 e. The van der Waals surface area contributed by atoms with Crippen molar-refractivity contribution in [2.45, 2.75) is 0 Å². The summed E-state index contributed by atoms with van der Waals surface area (Å²) in [6, 6.07) is 22.9. The van der Waals surface area contributed by atoms with Crippen LogP contribution in [0, 0.1) is 0 Å². The van der Waals surface area contributed by atoms with Gasteiger partial charge in [-0.25, -0.2) is 19.5 Å². The number of benzene rings is 2. The fraction of sp³-hybridized carbons (Fsp3) is 0.0455. The van der Waals surface area contributed by atoms with Crippen LogP contribution in [0.4, 0.5) is 0 Å². The number of hydrogen-bond donors (Lipinski definition) is 4. The number of phenols is 2.